The van der Waals surface area contributed by atoms with Crippen LogP contribution in [0, 0.1) is 12.7 Å². The zero-order valence-corrected chi connectivity index (χ0v) is 11.6. The predicted octanol–water partition coefficient (Wildman–Crippen LogP) is 4.59. The number of benzene rings is 1. The molecule has 1 aromatic carbocycles. The third kappa shape index (κ3) is 1.59. The molecule has 0 N–H and O–H groups in total. The van der Waals surface area contributed by atoms with Crippen LogP contribution in [-0.2, 0) is 12.8 Å². The molecule has 4 heteroatoms. The topological polar surface area (TPSA) is 12.9 Å². The van der Waals surface area contributed by atoms with Crippen molar-refractivity contribution in [3.8, 4) is 0 Å². The lowest BCUT2D eigenvalue weighted by atomic mass is 10.1. The first-order chi connectivity index (χ1) is 8.09. The Morgan fingerprint density at radius 2 is 2.18 bits per heavy atom. The second kappa shape index (κ2) is 3.92. The van der Waals surface area contributed by atoms with Gasteiger partial charge in [-0.3, -0.25) is 4.98 Å². The molecular formula is C13H10BrClFN. The summed E-state index contributed by atoms with van der Waals surface area (Å²) < 4.78 is 14.6. The van der Waals surface area contributed by atoms with Gasteiger partial charge in [0.2, 0.25) is 0 Å². The Morgan fingerprint density at radius 3 is 2.94 bits per heavy atom. The first-order valence-electron chi connectivity index (χ1n) is 5.55. The molecule has 0 bridgehead atoms. The maximum absolute atomic E-state index is 14.1. The van der Waals surface area contributed by atoms with Crippen LogP contribution in [0.1, 0.15) is 23.2 Å². The Labute approximate surface area is 112 Å². The van der Waals surface area contributed by atoms with Crippen molar-refractivity contribution in [2.24, 2.45) is 0 Å². The van der Waals surface area contributed by atoms with Crippen molar-refractivity contribution in [3.05, 3.63) is 38.2 Å². The van der Waals surface area contributed by atoms with Gasteiger partial charge in [-0.05, 0) is 59.3 Å². The number of fused-ring (bicyclic) bond motifs is 2. The number of nitrogens with zero attached hydrogens (tertiary/aromatic N) is 1. The van der Waals surface area contributed by atoms with Crippen molar-refractivity contribution in [1.29, 1.82) is 0 Å². The smallest absolute Gasteiger partial charge is 0.148 e. The van der Waals surface area contributed by atoms with Gasteiger partial charge < -0.3 is 0 Å². The fourth-order valence-corrected chi connectivity index (χ4v) is 3.38. The minimum Gasteiger partial charge on any atom is -0.252 e. The highest BCUT2D eigenvalue weighted by Crippen LogP contribution is 2.38. The summed E-state index contributed by atoms with van der Waals surface area (Å²) in [7, 11) is 0. The van der Waals surface area contributed by atoms with Gasteiger partial charge in [-0.25, -0.2) is 4.39 Å². The number of hydrogen-bond donors (Lipinski definition) is 0. The summed E-state index contributed by atoms with van der Waals surface area (Å²) in [5.74, 6) is -0.308. The van der Waals surface area contributed by atoms with Crippen LogP contribution in [0.5, 0.6) is 0 Å². The third-order valence-corrected chi connectivity index (χ3v) is 4.30. The first-order valence-corrected chi connectivity index (χ1v) is 6.72. The Hall–Kier alpha value is -0.670. The van der Waals surface area contributed by atoms with E-state index >= 15 is 0 Å². The van der Waals surface area contributed by atoms with Crippen LogP contribution in [0.2, 0.25) is 5.02 Å². The maximum atomic E-state index is 14.1. The van der Waals surface area contributed by atoms with Crippen LogP contribution in [0.3, 0.4) is 0 Å². The van der Waals surface area contributed by atoms with Crippen molar-refractivity contribution in [2.45, 2.75) is 26.2 Å². The standard InChI is InChI=1S/C13H10BrClFN/c1-6-5-8(14)12(16)10-11(15)7-3-2-4-9(7)17-13(6)10/h5H,2-4H2,1H3. The van der Waals surface area contributed by atoms with E-state index in [2.05, 4.69) is 20.9 Å². The second-order valence-electron chi connectivity index (χ2n) is 4.42. The Bertz CT molecular complexity index is 639. The van der Waals surface area contributed by atoms with E-state index in [0.717, 1.165) is 36.1 Å². The van der Waals surface area contributed by atoms with Crippen molar-refractivity contribution >= 4 is 38.4 Å². The molecule has 0 atom stereocenters. The van der Waals surface area contributed by atoms with E-state index in [4.69, 9.17) is 11.6 Å². The summed E-state index contributed by atoms with van der Waals surface area (Å²) in [6.07, 6.45) is 2.91. The molecule has 0 unspecified atom stereocenters. The molecule has 0 spiro atoms. The molecule has 1 heterocycles. The van der Waals surface area contributed by atoms with E-state index in [0.29, 0.717) is 20.4 Å². The number of aryl methyl sites for hydroxylation is 2. The average molecular weight is 315 g/mol. The summed E-state index contributed by atoms with van der Waals surface area (Å²) in [5.41, 5.74) is 3.70. The van der Waals surface area contributed by atoms with Gasteiger partial charge >= 0.3 is 0 Å². The molecule has 1 aliphatic carbocycles. The monoisotopic (exact) mass is 313 g/mol. The normalized spacial score (nSPS) is 14.4. The summed E-state index contributed by atoms with van der Waals surface area (Å²) in [6.45, 7) is 1.93. The van der Waals surface area contributed by atoms with Gasteiger partial charge in [-0.1, -0.05) is 11.6 Å². The van der Waals surface area contributed by atoms with Crippen molar-refractivity contribution in [2.75, 3.05) is 0 Å². The van der Waals surface area contributed by atoms with Gasteiger partial charge in [0.05, 0.1) is 20.4 Å². The number of hydrogen-bond acceptors (Lipinski definition) is 1. The molecule has 17 heavy (non-hydrogen) atoms. The number of pyridine rings is 1. The molecule has 1 aliphatic rings. The van der Waals surface area contributed by atoms with Crippen LogP contribution in [0.15, 0.2) is 10.5 Å². The van der Waals surface area contributed by atoms with E-state index in [-0.39, 0.29) is 5.82 Å². The van der Waals surface area contributed by atoms with Gasteiger partial charge in [0.25, 0.3) is 0 Å². The minimum atomic E-state index is -0.308. The number of aromatic nitrogens is 1. The minimum absolute atomic E-state index is 0.308. The van der Waals surface area contributed by atoms with Gasteiger partial charge in [0.1, 0.15) is 5.82 Å². The van der Waals surface area contributed by atoms with Gasteiger partial charge in [0.15, 0.2) is 0 Å². The predicted molar refractivity (Wildman–Crippen MR) is 71.2 cm³/mol. The average Bonchev–Trinajstić information content (AvgIpc) is 2.74. The lowest BCUT2D eigenvalue weighted by molar-refractivity contribution is 0.632. The SMILES string of the molecule is Cc1cc(Br)c(F)c2c(Cl)c3c(nc12)CCC3. The molecule has 0 saturated heterocycles. The zero-order valence-electron chi connectivity index (χ0n) is 9.28. The highest BCUT2D eigenvalue weighted by atomic mass is 79.9. The molecule has 1 nitrogen and oxygen atoms in total. The van der Waals surface area contributed by atoms with Crippen molar-refractivity contribution < 1.29 is 4.39 Å². The molecule has 3 rings (SSSR count). The molecule has 88 valence electrons. The maximum Gasteiger partial charge on any atom is 0.148 e. The highest BCUT2D eigenvalue weighted by molar-refractivity contribution is 9.10. The molecule has 2 aromatic rings. The summed E-state index contributed by atoms with van der Waals surface area (Å²) >= 11 is 9.56. The van der Waals surface area contributed by atoms with E-state index in [1.807, 2.05) is 6.92 Å². The molecular weight excluding hydrogens is 305 g/mol. The Kier molecular flexibility index (Phi) is 2.64. The lowest BCUT2D eigenvalue weighted by Crippen LogP contribution is -1.97. The van der Waals surface area contributed by atoms with E-state index < -0.39 is 0 Å². The highest BCUT2D eigenvalue weighted by Gasteiger charge is 2.22. The lowest BCUT2D eigenvalue weighted by Gasteiger charge is -2.10. The molecule has 0 aliphatic heterocycles. The van der Waals surface area contributed by atoms with E-state index in [9.17, 15) is 4.39 Å². The van der Waals surface area contributed by atoms with Crippen LogP contribution in [0.25, 0.3) is 10.9 Å². The fourth-order valence-electron chi connectivity index (χ4n) is 2.46. The Balaban J connectivity index is 2.52. The number of rotatable bonds is 0. The van der Waals surface area contributed by atoms with Crippen molar-refractivity contribution in [3.63, 3.8) is 0 Å². The van der Waals surface area contributed by atoms with Crippen LogP contribution in [-0.4, -0.2) is 4.98 Å². The quantitative estimate of drug-likeness (QED) is 0.693. The summed E-state index contributed by atoms with van der Waals surface area (Å²) in [6, 6.07) is 1.75. The second-order valence-corrected chi connectivity index (χ2v) is 5.65. The molecule has 1 aromatic heterocycles. The largest absolute Gasteiger partial charge is 0.252 e. The first kappa shape index (κ1) is 11.4. The van der Waals surface area contributed by atoms with Crippen LogP contribution >= 0.6 is 27.5 Å². The fraction of sp³-hybridized carbons (Fsp3) is 0.308. The van der Waals surface area contributed by atoms with Gasteiger partial charge in [0, 0.05) is 5.69 Å². The number of halogens is 3. The zero-order chi connectivity index (χ0) is 12.2. The molecule has 0 saturated carbocycles. The van der Waals surface area contributed by atoms with E-state index in [1.165, 1.54) is 0 Å². The molecule has 0 fully saturated rings. The summed E-state index contributed by atoms with van der Waals surface area (Å²) in [4.78, 5) is 4.57. The van der Waals surface area contributed by atoms with Crippen LogP contribution < -0.4 is 0 Å². The Morgan fingerprint density at radius 1 is 1.41 bits per heavy atom. The molecule has 0 radical (unpaired) electrons. The third-order valence-electron chi connectivity index (χ3n) is 3.30. The summed E-state index contributed by atoms with van der Waals surface area (Å²) in [5, 5.41) is 1.00. The van der Waals surface area contributed by atoms with Crippen molar-refractivity contribution in [1.82, 2.24) is 4.98 Å². The van der Waals surface area contributed by atoms with Crippen LogP contribution in [0.4, 0.5) is 4.39 Å². The van der Waals surface area contributed by atoms with Gasteiger partial charge in [-0.15, -0.1) is 0 Å². The van der Waals surface area contributed by atoms with Gasteiger partial charge in [-0.2, -0.15) is 0 Å². The molecule has 0 amide bonds. The van der Waals surface area contributed by atoms with E-state index in [1.54, 1.807) is 6.07 Å².